The first-order valence-corrected chi connectivity index (χ1v) is 7.38. The Balaban J connectivity index is 1.59. The first kappa shape index (κ1) is 12.4. The molecule has 0 spiro atoms. The third kappa shape index (κ3) is 3.22. The molecule has 0 aliphatic heterocycles. The molecule has 3 nitrogen and oxygen atoms in total. The monoisotopic (exact) mass is 255 g/mol. The van der Waals surface area contributed by atoms with Crippen molar-refractivity contribution in [3.8, 4) is 11.4 Å². The SMILES string of the molecule is c1ccc(-c2n[nH]c(CCC3CCCCC3)n2)cc1. The number of hydrogen-bond donors (Lipinski definition) is 1. The van der Waals surface area contributed by atoms with Gasteiger partial charge in [0.1, 0.15) is 5.82 Å². The van der Waals surface area contributed by atoms with Crippen molar-refractivity contribution in [2.24, 2.45) is 5.92 Å². The molecule has 1 aliphatic carbocycles. The number of hydrogen-bond acceptors (Lipinski definition) is 2. The van der Waals surface area contributed by atoms with Crippen molar-refractivity contribution < 1.29 is 0 Å². The van der Waals surface area contributed by atoms with Gasteiger partial charge in [0, 0.05) is 12.0 Å². The summed E-state index contributed by atoms with van der Waals surface area (Å²) in [6.07, 6.45) is 9.34. The Kier molecular flexibility index (Phi) is 3.92. The summed E-state index contributed by atoms with van der Waals surface area (Å²) >= 11 is 0. The molecule has 1 fully saturated rings. The maximum atomic E-state index is 4.60. The second-order valence-corrected chi connectivity index (χ2v) is 5.51. The van der Waals surface area contributed by atoms with Gasteiger partial charge in [0.2, 0.25) is 0 Å². The Bertz CT molecular complexity index is 498. The Morgan fingerprint density at radius 3 is 2.63 bits per heavy atom. The lowest BCUT2D eigenvalue weighted by Gasteiger charge is -2.20. The molecule has 1 aromatic heterocycles. The lowest BCUT2D eigenvalue weighted by molar-refractivity contribution is 0.337. The maximum absolute atomic E-state index is 4.60. The van der Waals surface area contributed by atoms with Crippen molar-refractivity contribution in [1.82, 2.24) is 15.2 Å². The van der Waals surface area contributed by atoms with Crippen molar-refractivity contribution >= 4 is 0 Å². The molecule has 1 saturated carbocycles. The highest BCUT2D eigenvalue weighted by Gasteiger charge is 2.14. The van der Waals surface area contributed by atoms with Gasteiger partial charge in [-0.25, -0.2) is 4.98 Å². The molecule has 1 aliphatic rings. The number of rotatable bonds is 4. The summed E-state index contributed by atoms with van der Waals surface area (Å²) in [4.78, 5) is 4.60. The smallest absolute Gasteiger partial charge is 0.181 e. The minimum absolute atomic E-state index is 0.819. The van der Waals surface area contributed by atoms with E-state index < -0.39 is 0 Å². The fourth-order valence-electron chi connectivity index (χ4n) is 2.94. The van der Waals surface area contributed by atoms with Crippen LogP contribution in [0.25, 0.3) is 11.4 Å². The van der Waals surface area contributed by atoms with Gasteiger partial charge in [-0.05, 0) is 12.3 Å². The van der Waals surface area contributed by atoms with E-state index in [0.29, 0.717) is 0 Å². The van der Waals surface area contributed by atoms with Crippen molar-refractivity contribution in [3.63, 3.8) is 0 Å². The second-order valence-electron chi connectivity index (χ2n) is 5.51. The standard InChI is InChI=1S/C16H21N3/c1-3-7-13(8-4-1)11-12-15-17-16(19-18-15)14-9-5-2-6-10-14/h2,5-6,9-10,13H,1,3-4,7-8,11-12H2,(H,17,18,19). The summed E-state index contributed by atoms with van der Waals surface area (Å²) < 4.78 is 0. The molecule has 2 aromatic rings. The average molecular weight is 255 g/mol. The molecule has 19 heavy (non-hydrogen) atoms. The molecule has 0 saturated heterocycles. The number of nitrogens with one attached hydrogen (secondary N) is 1. The minimum Gasteiger partial charge on any atom is -0.263 e. The van der Waals surface area contributed by atoms with E-state index in [4.69, 9.17) is 0 Å². The average Bonchev–Trinajstić information content (AvgIpc) is 2.96. The maximum Gasteiger partial charge on any atom is 0.181 e. The van der Waals surface area contributed by atoms with Crippen LogP contribution in [-0.2, 0) is 6.42 Å². The first-order chi connectivity index (χ1) is 9.42. The van der Waals surface area contributed by atoms with Gasteiger partial charge in [-0.1, -0.05) is 62.4 Å². The van der Waals surface area contributed by atoms with E-state index in [2.05, 4.69) is 15.2 Å². The molecule has 100 valence electrons. The Labute approximate surface area is 114 Å². The van der Waals surface area contributed by atoms with Crippen LogP contribution in [0, 0.1) is 5.92 Å². The van der Waals surface area contributed by atoms with Gasteiger partial charge in [0.25, 0.3) is 0 Å². The summed E-state index contributed by atoms with van der Waals surface area (Å²) in [6.45, 7) is 0. The van der Waals surface area contributed by atoms with E-state index in [0.717, 1.165) is 29.6 Å². The molecule has 0 unspecified atom stereocenters. The number of aromatic amines is 1. The summed E-state index contributed by atoms with van der Waals surface area (Å²) in [7, 11) is 0. The number of aromatic nitrogens is 3. The Hall–Kier alpha value is -1.64. The minimum atomic E-state index is 0.819. The van der Waals surface area contributed by atoms with E-state index in [9.17, 15) is 0 Å². The van der Waals surface area contributed by atoms with Crippen LogP contribution in [0.5, 0.6) is 0 Å². The highest BCUT2D eigenvalue weighted by molar-refractivity contribution is 5.53. The molecule has 3 rings (SSSR count). The van der Waals surface area contributed by atoms with Gasteiger partial charge >= 0.3 is 0 Å². The summed E-state index contributed by atoms with van der Waals surface area (Å²) in [5.41, 5.74) is 1.09. The largest absolute Gasteiger partial charge is 0.263 e. The van der Waals surface area contributed by atoms with E-state index in [1.54, 1.807) is 0 Å². The van der Waals surface area contributed by atoms with Crippen LogP contribution in [-0.4, -0.2) is 15.2 Å². The van der Waals surface area contributed by atoms with Crippen LogP contribution >= 0.6 is 0 Å². The molecule has 0 atom stereocenters. The fourth-order valence-corrected chi connectivity index (χ4v) is 2.94. The summed E-state index contributed by atoms with van der Waals surface area (Å²) in [5, 5.41) is 7.40. The zero-order valence-electron chi connectivity index (χ0n) is 11.3. The molecule has 0 bridgehead atoms. The van der Waals surface area contributed by atoms with Crippen LogP contribution in [0.15, 0.2) is 30.3 Å². The molecular formula is C16H21N3. The first-order valence-electron chi connectivity index (χ1n) is 7.38. The van der Waals surface area contributed by atoms with Crippen molar-refractivity contribution in [2.75, 3.05) is 0 Å². The molecule has 0 radical (unpaired) electrons. The zero-order valence-corrected chi connectivity index (χ0v) is 11.3. The second kappa shape index (κ2) is 6.00. The van der Waals surface area contributed by atoms with Crippen LogP contribution < -0.4 is 0 Å². The van der Waals surface area contributed by atoms with Crippen LogP contribution in [0.1, 0.15) is 44.3 Å². The molecule has 3 heteroatoms. The lowest BCUT2D eigenvalue weighted by Crippen LogP contribution is -2.07. The van der Waals surface area contributed by atoms with Crippen molar-refractivity contribution in [3.05, 3.63) is 36.2 Å². The van der Waals surface area contributed by atoms with Gasteiger partial charge in [-0.3, -0.25) is 5.10 Å². The Morgan fingerprint density at radius 1 is 1.05 bits per heavy atom. The van der Waals surface area contributed by atoms with E-state index in [-0.39, 0.29) is 0 Å². The van der Waals surface area contributed by atoms with E-state index >= 15 is 0 Å². The highest BCUT2D eigenvalue weighted by atomic mass is 15.2. The van der Waals surface area contributed by atoms with Gasteiger partial charge in [-0.15, -0.1) is 0 Å². The van der Waals surface area contributed by atoms with Crippen LogP contribution in [0.3, 0.4) is 0 Å². The van der Waals surface area contributed by atoms with Crippen molar-refractivity contribution in [1.29, 1.82) is 0 Å². The Morgan fingerprint density at radius 2 is 1.84 bits per heavy atom. The summed E-state index contributed by atoms with van der Waals surface area (Å²) in [6, 6.07) is 10.2. The normalized spacial score (nSPS) is 16.6. The van der Waals surface area contributed by atoms with Crippen molar-refractivity contribution in [2.45, 2.75) is 44.9 Å². The fraction of sp³-hybridized carbons (Fsp3) is 0.500. The van der Waals surface area contributed by atoms with Gasteiger partial charge in [-0.2, -0.15) is 5.10 Å². The molecular weight excluding hydrogens is 234 g/mol. The van der Waals surface area contributed by atoms with Gasteiger partial charge in [0.05, 0.1) is 0 Å². The third-order valence-electron chi connectivity index (χ3n) is 4.08. The summed E-state index contributed by atoms with van der Waals surface area (Å²) in [5.74, 6) is 2.75. The van der Waals surface area contributed by atoms with E-state index in [1.165, 1.54) is 38.5 Å². The highest BCUT2D eigenvalue weighted by Crippen LogP contribution is 2.27. The number of H-pyrrole nitrogens is 1. The van der Waals surface area contributed by atoms with E-state index in [1.807, 2.05) is 30.3 Å². The van der Waals surface area contributed by atoms with Gasteiger partial charge < -0.3 is 0 Å². The molecule has 1 heterocycles. The predicted molar refractivity (Wildman–Crippen MR) is 76.7 cm³/mol. The van der Waals surface area contributed by atoms with Crippen LogP contribution in [0.2, 0.25) is 0 Å². The number of aryl methyl sites for hydroxylation is 1. The molecule has 0 amide bonds. The molecule has 1 aromatic carbocycles. The topological polar surface area (TPSA) is 41.6 Å². The lowest BCUT2D eigenvalue weighted by atomic mass is 9.86. The zero-order chi connectivity index (χ0) is 12.9. The van der Waals surface area contributed by atoms with Crippen LogP contribution in [0.4, 0.5) is 0 Å². The number of benzene rings is 1. The van der Waals surface area contributed by atoms with Gasteiger partial charge in [0.15, 0.2) is 5.82 Å². The predicted octanol–water partition coefficient (Wildman–Crippen LogP) is 3.98. The third-order valence-corrected chi connectivity index (χ3v) is 4.08. The quantitative estimate of drug-likeness (QED) is 0.897. The number of nitrogens with zero attached hydrogens (tertiary/aromatic N) is 2. The molecule has 1 N–H and O–H groups in total.